The number of ether oxygens (including phenoxy) is 1. The van der Waals surface area contributed by atoms with Gasteiger partial charge in [-0.1, -0.05) is 33.6 Å². The Kier molecular flexibility index (Phi) is 8.59. The van der Waals surface area contributed by atoms with Gasteiger partial charge in [0.2, 0.25) is 11.8 Å². The van der Waals surface area contributed by atoms with Crippen LogP contribution in [-0.4, -0.2) is 37.0 Å². The molecule has 2 amide bonds. The Labute approximate surface area is 120 Å². The van der Waals surface area contributed by atoms with Crippen molar-refractivity contribution in [2.75, 3.05) is 7.11 Å². The lowest BCUT2D eigenvalue weighted by Gasteiger charge is -2.24. The maximum atomic E-state index is 12.2. The van der Waals surface area contributed by atoms with Crippen molar-refractivity contribution in [1.82, 2.24) is 10.6 Å². The number of esters is 1. The van der Waals surface area contributed by atoms with Crippen molar-refractivity contribution >= 4 is 17.8 Å². The molecular formula is C14H26N2O4. The summed E-state index contributed by atoms with van der Waals surface area (Å²) in [7, 11) is 1.29. The summed E-state index contributed by atoms with van der Waals surface area (Å²) >= 11 is 0. The molecule has 2 N–H and O–H groups in total. The SMILES string of the molecule is CCCC[C@H](NC(=O)[C@H](NC(C)=O)C(C)C)C(=O)OC. The van der Waals surface area contributed by atoms with Crippen LogP contribution in [0, 0.1) is 5.92 Å². The molecule has 6 nitrogen and oxygen atoms in total. The highest BCUT2D eigenvalue weighted by Crippen LogP contribution is 2.06. The molecule has 0 aliphatic carbocycles. The highest BCUT2D eigenvalue weighted by Gasteiger charge is 2.28. The molecule has 20 heavy (non-hydrogen) atoms. The largest absolute Gasteiger partial charge is 0.467 e. The third-order valence-corrected chi connectivity index (χ3v) is 2.96. The van der Waals surface area contributed by atoms with Crippen LogP contribution < -0.4 is 10.6 Å². The topological polar surface area (TPSA) is 84.5 Å². The number of nitrogens with one attached hydrogen (secondary N) is 2. The number of unbranched alkanes of at least 4 members (excludes halogenated alkanes) is 1. The number of hydrogen-bond donors (Lipinski definition) is 2. The van der Waals surface area contributed by atoms with Gasteiger partial charge in [0.1, 0.15) is 12.1 Å². The summed E-state index contributed by atoms with van der Waals surface area (Å²) in [6, 6.07) is -1.32. The standard InChI is InChI=1S/C14H26N2O4/c1-6-7-8-11(14(19)20-5)16-13(18)12(9(2)3)15-10(4)17/h9,11-12H,6-8H2,1-5H3,(H,15,17)(H,16,18)/t11-,12+/m0/s1. The van der Waals surface area contributed by atoms with Crippen LogP contribution in [-0.2, 0) is 19.1 Å². The Morgan fingerprint density at radius 2 is 1.75 bits per heavy atom. The molecule has 116 valence electrons. The maximum Gasteiger partial charge on any atom is 0.328 e. The van der Waals surface area contributed by atoms with Gasteiger partial charge in [-0.15, -0.1) is 0 Å². The Hall–Kier alpha value is -1.59. The first kappa shape index (κ1) is 18.4. The fraction of sp³-hybridized carbons (Fsp3) is 0.786. The van der Waals surface area contributed by atoms with Crippen LogP contribution in [0.3, 0.4) is 0 Å². The van der Waals surface area contributed by atoms with Gasteiger partial charge in [0.05, 0.1) is 7.11 Å². The molecule has 0 aliphatic heterocycles. The molecule has 0 aromatic rings. The summed E-state index contributed by atoms with van der Waals surface area (Å²) in [5, 5.41) is 5.26. The van der Waals surface area contributed by atoms with Gasteiger partial charge in [-0.25, -0.2) is 4.79 Å². The third-order valence-electron chi connectivity index (χ3n) is 2.96. The van der Waals surface area contributed by atoms with Crippen molar-refractivity contribution in [1.29, 1.82) is 0 Å². The molecule has 0 unspecified atom stereocenters. The number of hydrogen-bond acceptors (Lipinski definition) is 4. The van der Waals surface area contributed by atoms with E-state index in [-0.39, 0.29) is 17.7 Å². The van der Waals surface area contributed by atoms with Crippen LogP contribution in [0.15, 0.2) is 0 Å². The van der Waals surface area contributed by atoms with E-state index >= 15 is 0 Å². The summed E-state index contributed by atoms with van der Waals surface area (Å²) in [6.07, 6.45) is 2.26. The molecule has 0 saturated heterocycles. The minimum Gasteiger partial charge on any atom is -0.467 e. The van der Waals surface area contributed by atoms with E-state index in [4.69, 9.17) is 4.74 Å². The van der Waals surface area contributed by atoms with Crippen molar-refractivity contribution in [2.45, 2.75) is 59.0 Å². The van der Waals surface area contributed by atoms with Crippen LogP contribution in [0.25, 0.3) is 0 Å². The first-order valence-corrected chi connectivity index (χ1v) is 6.98. The Morgan fingerprint density at radius 1 is 1.15 bits per heavy atom. The van der Waals surface area contributed by atoms with Crippen LogP contribution in [0.2, 0.25) is 0 Å². The second-order valence-electron chi connectivity index (χ2n) is 5.15. The smallest absolute Gasteiger partial charge is 0.328 e. The van der Waals surface area contributed by atoms with E-state index in [0.29, 0.717) is 6.42 Å². The lowest BCUT2D eigenvalue weighted by atomic mass is 10.0. The van der Waals surface area contributed by atoms with Gasteiger partial charge < -0.3 is 15.4 Å². The maximum absolute atomic E-state index is 12.2. The zero-order valence-electron chi connectivity index (χ0n) is 13.0. The predicted molar refractivity (Wildman–Crippen MR) is 75.9 cm³/mol. The monoisotopic (exact) mass is 286 g/mol. The lowest BCUT2D eigenvalue weighted by molar-refractivity contribution is -0.145. The van der Waals surface area contributed by atoms with E-state index in [1.165, 1.54) is 14.0 Å². The van der Waals surface area contributed by atoms with E-state index in [0.717, 1.165) is 12.8 Å². The second kappa shape index (κ2) is 9.34. The summed E-state index contributed by atoms with van der Waals surface area (Å²) < 4.78 is 4.69. The molecule has 6 heteroatoms. The molecule has 0 bridgehead atoms. The van der Waals surface area contributed by atoms with Crippen molar-refractivity contribution < 1.29 is 19.1 Å². The van der Waals surface area contributed by atoms with E-state index in [1.807, 2.05) is 20.8 Å². The minimum atomic E-state index is -0.664. The Bertz CT molecular complexity index is 342. The molecule has 0 aliphatic rings. The van der Waals surface area contributed by atoms with Gasteiger partial charge in [-0.2, -0.15) is 0 Å². The molecule has 0 radical (unpaired) electrons. The number of carbonyl (C=O) groups excluding carboxylic acids is 3. The first-order valence-electron chi connectivity index (χ1n) is 6.98. The molecule has 0 heterocycles. The quantitative estimate of drug-likeness (QED) is 0.652. The van der Waals surface area contributed by atoms with E-state index in [1.54, 1.807) is 0 Å². The van der Waals surface area contributed by atoms with E-state index in [2.05, 4.69) is 10.6 Å². The van der Waals surface area contributed by atoms with Crippen LogP contribution in [0.5, 0.6) is 0 Å². The lowest BCUT2D eigenvalue weighted by Crippen LogP contribution is -2.53. The summed E-state index contributed by atoms with van der Waals surface area (Å²) in [5.41, 5.74) is 0. The fourth-order valence-corrected chi connectivity index (χ4v) is 1.81. The average Bonchev–Trinajstić information content (AvgIpc) is 2.38. The van der Waals surface area contributed by atoms with Crippen LogP contribution in [0.1, 0.15) is 47.0 Å². The van der Waals surface area contributed by atoms with Crippen molar-refractivity contribution in [3.05, 3.63) is 0 Å². The Morgan fingerprint density at radius 3 is 2.15 bits per heavy atom. The van der Waals surface area contributed by atoms with Crippen molar-refractivity contribution in [3.8, 4) is 0 Å². The van der Waals surface area contributed by atoms with E-state index in [9.17, 15) is 14.4 Å². The van der Waals surface area contributed by atoms with Crippen molar-refractivity contribution in [2.24, 2.45) is 5.92 Å². The van der Waals surface area contributed by atoms with Crippen molar-refractivity contribution in [3.63, 3.8) is 0 Å². The first-order chi connectivity index (χ1) is 9.33. The van der Waals surface area contributed by atoms with Gasteiger partial charge in [0.15, 0.2) is 0 Å². The number of rotatable bonds is 8. The minimum absolute atomic E-state index is 0.0663. The summed E-state index contributed by atoms with van der Waals surface area (Å²) in [4.78, 5) is 35.0. The number of amides is 2. The van der Waals surface area contributed by atoms with Crippen LogP contribution in [0.4, 0.5) is 0 Å². The average molecular weight is 286 g/mol. The predicted octanol–water partition coefficient (Wildman–Crippen LogP) is 0.995. The highest BCUT2D eigenvalue weighted by molar-refractivity contribution is 5.90. The number of methoxy groups -OCH3 is 1. The van der Waals surface area contributed by atoms with Gasteiger partial charge in [0, 0.05) is 6.92 Å². The Balaban J connectivity index is 4.76. The van der Waals surface area contributed by atoms with Gasteiger partial charge in [-0.3, -0.25) is 9.59 Å². The van der Waals surface area contributed by atoms with Gasteiger partial charge in [-0.05, 0) is 12.3 Å². The molecular weight excluding hydrogens is 260 g/mol. The van der Waals surface area contributed by atoms with E-state index < -0.39 is 18.1 Å². The number of carbonyl (C=O) groups is 3. The normalized spacial score (nSPS) is 13.5. The molecule has 0 spiro atoms. The zero-order valence-corrected chi connectivity index (χ0v) is 13.0. The third kappa shape index (κ3) is 6.54. The summed E-state index contributed by atoms with van der Waals surface area (Å²) in [5.74, 6) is -1.16. The molecule has 0 rings (SSSR count). The molecule has 0 aromatic carbocycles. The molecule has 0 saturated carbocycles. The molecule has 0 aromatic heterocycles. The van der Waals surface area contributed by atoms with Gasteiger partial charge in [0.25, 0.3) is 0 Å². The van der Waals surface area contributed by atoms with Gasteiger partial charge >= 0.3 is 5.97 Å². The fourth-order valence-electron chi connectivity index (χ4n) is 1.81. The molecule has 2 atom stereocenters. The summed E-state index contributed by atoms with van der Waals surface area (Å²) in [6.45, 7) is 7.03. The second-order valence-corrected chi connectivity index (χ2v) is 5.15. The molecule has 0 fully saturated rings. The van der Waals surface area contributed by atoms with Crippen LogP contribution >= 0.6 is 0 Å². The highest BCUT2D eigenvalue weighted by atomic mass is 16.5. The zero-order chi connectivity index (χ0) is 15.7.